The van der Waals surface area contributed by atoms with Gasteiger partial charge in [0.1, 0.15) is 5.82 Å². The molecule has 1 unspecified atom stereocenters. The quantitative estimate of drug-likeness (QED) is 0.702. The lowest BCUT2D eigenvalue weighted by Crippen LogP contribution is -2.51. The van der Waals surface area contributed by atoms with Crippen molar-refractivity contribution in [3.05, 3.63) is 47.6 Å². The number of thiazole rings is 1. The van der Waals surface area contributed by atoms with Gasteiger partial charge in [0.2, 0.25) is 5.91 Å². The summed E-state index contributed by atoms with van der Waals surface area (Å²) in [7, 11) is 0. The van der Waals surface area contributed by atoms with Crippen LogP contribution in [-0.2, 0) is 11.2 Å². The molecule has 2 N–H and O–H groups in total. The number of nitrogen functional groups attached to an aromatic ring is 1. The normalized spacial score (nSPS) is 21.7. The van der Waals surface area contributed by atoms with Gasteiger partial charge in [0.15, 0.2) is 0 Å². The molecule has 1 amide bonds. The fourth-order valence-corrected chi connectivity index (χ4v) is 5.64. The first-order valence-electron chi connectivity index (χ1n) is 10.3. The second kappa shape index (κ2) is 7.63. The van der Waals surface area contributed by atoms with Crippen LogP contribution in [0, 0.1) is 5.92 Å². The van der Waals surface area contributed by atoms with Gasteiger partial charge in [0.25, 0.3) is 0 Å². The van der Waals surface area contributed by atoms with Gasteiger partial charge in [-0.3, -0.25) is 4.79 Å². The Bertz CT molecular complexity index is 1030. The van der Waals surface area contributed by atoms with Crippen LogP contribution in [0.2, 0.25) is 0 Å². The van der Waals surface area contributed by atoms with Crippen LogP contribution in [0.1, 0.15) is 24.8 Å². The number of aromatic nitrogens is 2. The number of carbonyl (C=O) groups is 1. The number of hydrogen-bond donors (Lipinski definition) is 1. The van der Waals surface area contributed by atoms with Crippen LogP contribution in [0.4, 0.5) is 11.5 Å². The minimum atomic E-state index is 0.156. The van der Waals surface area contributed by atoms with Crippen molar-refractivity contribution in [3.63, 3.8) is 0 Å². The summed E-state index contributed by atoms with van der Waals surface area (Å²) in [5.74, 6) is 1.05. The zero-order chi connectivity index (χ0) is 19.8. The van der Waals surface area contributed by atoms with E-state index < -0.39 is 0 Å². The lowest BCUT2D eigenvalue weighted by molar-refractivity contribution is -0.132. The van der Waals surface area contributed by atoms with E-state index in [-0.39, 0.29) is 5.92 Å². The molecule has 7 heteroatoms. The third-order valence-corrected chi connectivity index (χ3v) is 7.16. The summed E-state index contributed by atoms with van der Waals surface area (Å²) in [6, 6.07) is 10.6. The van der Waals surface area contributed by atoms with E-state index in [4.69, 9.17) is 5.73 Å². The zero-order valence-electron chi connectivity index (χ0n) is 16.3. The summed E-state index contributed by atoms with van der Waals surface area (Å²) in [4.78, 5) is 25.8. The number of fused-ring (bicyclic) bond motifs is 2. The van der Waals surface area contributed by atoms with Crippen LogP contribution in [0.5, 0.6) is 0 Å². The SMILES string of the molecule is Nc1cc(N2CCN3C(=O)[C@@H](CCCc4cccc5ncsc45)CC3C2)ccn1. The van der Waals surface area contributed by atoms with Crippen LogP contribution in [0.15, 0.2) is 42.0 Å². The van der Waals surface area contributed by atoms with Gasteiger partial charge in [-0.15, -0.1) is 11.3 Å². The molecule has 29 heavy (non-hydrogen) atoms. The summed E-state index contributed by atoms with van der Waals surface area (Å²) in [5, 5.41) is 0. The maximum Gasteiger partial charge on any atom is 0.226 e. The van der Waals surface area contributed by atoms with Gasteiger partial charge in [0, 0.05) is 43.5 Å². The highest BCUT2D eigenvalue weighted by Crippen LogP contribution is 2.33. The van der Waals surface area contributed by atoms with E-state index in [0.29, 0.717) is 17.8 Å². The number of nitrogens with two attached hydrogens (primary N) is 1. The average Bonchev–Trinajstić information content (AvgIpc) is 3.33. The summed E-state index contributed by atoms with van der Waals surface area (Å²) in [6.45, 7) is 2.53. The molecule has 6 nitrogen and oxygen atoms in total. The topological polar surface area (TPSA) is 75.3 Å². The number of benzene rings is 1. The monoisotopic (exact) mass is 407 g/mol. The standard InChI is InChI=1S/C22H25N5OS/c23-20-12-17(7-8-24-20)26-9-10-27-18(13-26)11-16(22(27)28)5-1-3-15-4-2-6-19-21(15)29-14-25-19/h2,4,6-8,12,14,16,18H,1,3,5,9-11,13H2,(H2,23,24)/t16-,18?/m0/s1. The van der Waals surface area contributed by atoms with Crippen LogP contribution < -0.4 is 10.6 Å². The highest BCUT2D eigenvalue weighted by molar-refractivity contribution is 7.16. The fraction of sp³-hybridized carbons (Fsp3) is 0.409. The van der Waals surface area contributed by atoms with Gasteiger partial charge < -0.3 is 15.5 Å². The Hall–Kier alpha value is -2.67. The Morgan fingerprint density at radius 1 is 1.21 bits per heavy atom. The number of hydrogen-bond acceptors (Lipinski definition) is 6. The van der Waals surface area contributed by atoms with Gasteiger partial charge in [-0.05, 0) is 43.4 Å². The number of aryl methyl sites for hydroxylation is 1. The molecule has 2 aromatic heterocycles. The smallest absolute Gasteiger partial charge is 0.226 e. The molecule has 2 aliphatic heterocycles. The van der Waals surface area contributed by atoms with E-state index in [1.165, 1.54) is 10.3 Å². The lowest BCUT2D eigenvalue weighted by atomic mass is 9.96. The van der Waals surface area contributed by atoms with E-state index >= 15 is 0 Å². The third-order valence-electron chi connectivity index (χ3n) is 6.24. The number of nitrogens with zero attached hydrogens (tertiary/aromatic N) is 4. The van der Waals surface area contributed by atoms with E-state index in [0.717, 1.165) is 56.5 Å². The minimum Gasteiger partial charge on any atom is -0.384 e. The van der Waals surface area contributed by atoms with Crippen LogP contribution in [-0.4, -0.2) is 46.5 Å². The molecule has 4 heterocycles. The predicted octanol–water partition coefficient (Wildman–Crippen LogP) is 3.33. The van der Waals surface area contributed by atoms with Gasteiger partial charge >= 0.3 is 0 Å². The van der Waals surface area contributed by atoms with Crippen molar-refractivity contribution < 1.29 is 4.79 Å². The number of piperazine rings is 1. The van der Waals surface area contributed by atoms with E-state index in [1.54, 1.807) is 17.5 Å². The molecule has 5 rings (SSSR count). The number of rotatable bonds is 5. The largest absolute Gasteiger partial charge is 0.384 e. The van der Waals surface area contributed by atoms with Crippen molar-refractivity contribution in [1.82, 2.24) is 14.9 Å². The molecule has 150 valence electrons. The van der Waals surface area contributed by atoms with Gasteiger partial charge in [-0.25, -0.2) is 9.97 Å². The molecule has 2 aliphatic rings. The summed E-state index contributed by atoms with van der Waals surface area (Å²) in [6.07, 6.45) is 5.72. The second-order valence-corrected chi connectivity index (χ2v) is 8.87. The first-order valence-corrected chi connectivity index (χ1v) is 11.1. The molecule has 0 bridgehead atoms. The maximum atomic E-state index is 12.9. The molecule has 0 spiro atoms. The van der Waals surface area contributed by atoms with E-state index in [9.17, 15) is 4.79 Å². The summed E-state index contributed by atoms with van der Waals surface area (Å²) >= 11 is 1.71. The Labute approximate surface area is 174 Å². The summed E-state index contributed by atoms with van der Waals surface area (Å²) in [5.41, 5.74) is 11.3. The van der Waals surface area contributed by atoms with Gasteiger partial charge in [-0.1, -0.05) is 12.1 Å². The third kappa shape index (κ3) is 3.55. The van der Waals surface area contributed by atoms with Gasteiger partial charge in [-0.2, -0.15) is 0 Å². The van der Waals surface area contributed by atoms with Gasteiger partial charge in [0.05, 0.1) is 21.8 Å². The number of pyridine rings is 1. The number of anilines is 2. The molecular weight excluding hydrogens is 382 g/mol. The highest BCUT2D eigenvalue weighted by Gasteiger charge is 2.41. The molecule has 1 aromatic carbocycles. The van der Waals surface area contributed by atoms with Crippen molar-refractivity contribution in [2.45, 2.75) is 31.7 Å². The molecule has 0 saturated carbocycles. The fourth-order valence-electron chi connectivity index (χ4n) is 4.80. The Balaban J connectivity index is 1.20. The zero-order valence-corrected chi connectivity index (χ0v) is 17.1. The second-order valence-electron chi connectivity index (χ2n) is 8.01. The Morgan fingerprint density at radius 2 is 2.14 bits per heavy atom. The Morgan fingerprint density at radius 3 is 3.03 bits per heavy atom. The van der Waals surface area contributed by atoms with E-state index in [2.05, 4.69) is 38.0 Å². The molecule has 0 radical (unpaired) electrons. The first kappa shape index (κ1) is 18.4. The van der Waals surface area contributed by atoms with Crippen molar-refractivity contribution in [2.75, 3.05) is 30.3 Å². The molecular formula is C22H25N5OS. The molecule has 2 atom stereocenters. The average molecular weight is 408 g/mol. The molecule has 3 aromatic rings. The van der Waals surface area contributed by atoms with Crippen molar-refractivity contribution in [2.24, 2.45) is 5.92 Å². The Kier molecular flexibility index (Phi) is 4.83. The minimum absolute atomic E-state index is 0.156. The molecule has 2 fully saturated rings. The van der Waals surface area contributed by atoms with E-state index in [1.807, 2.05) is 17.6 Å². The van der Waals surface area contributed by atoms with Crippen molar-refractivity contribution >= 4 is 39.0 Å². The number of amides is 1. The highest BCUT2D eigenvalue weighted by atomic mass is 32.1. The maximum absolute atomic E-state index is 12.9. The summed E-state index contributed by atoms with van der Waals surface area (Å²) < 4.78 is 1.29. The van der Waals surface area contributed by atoms with Crippen molar-refractivity contribution in [1.29, 1.82) is 0 Å². The number of carbonyl (C=O) groups excluding carboxylic acids is 1. The lowest BCUT2D eigenvalue weighted by Gasteiger charge is -2.38. The van der Waals surface area contributed by atoms with Crippen LogP contribution in [0.25, 0.3) is 10.2 Å². The van der Waals surface area contributed by atoms with Crippen LogP contribution >= 0.6 is 11.3 Å². The predicted molar refractivity (Wildman–Crippen MR) is 117 cm³/mol. The first-order chi connectivity index (χ1) is 14.2. The van der Waals surface area contributed by atoms with Crippen LogP contribution in [0.3, 0.4) is 0 Å². The molecule has 0 aliphatic carbocycles. The van der Waals surface area contributed by atoms with Crippen molar-refractivity contribution in [3.8, 4) is 0 Å². The molecule has 2 saturated heterocycles.